The van der Waals surface area contributed by atoms with Crippen LogP contribution in [-0.2, 0) is 16.0 Å². The van der Waals surface area contributed by atoms with Gasteiger partial charge in [-0.2, -0.15) is 0 Å². The first-order valence-electron chi connectivity index (χ1n) is 11.1. The van der Waals surface area contributed by atoms with Crippen LogP contribution in [0.5, 0.6) is 5.75 Å². The van der Waals surface area contributed by atoms with Crippen LogP contribution < -0.4 is 15.0 Å². The maximum atomic E-state index is 15.1. The third-order valence-electron chi connectivity index (χ3n) is 5.93. The second-order valence-corrected chi connectivity index (χ2v) is 9.14. The van der Waals surface area contributed by atoms with Crippen molar-refractivity contribution >= 4 is 28.8 Å². The van der Waals surface area contributed by atoms with Crippen molar-refractivity contribution in [1.29, 1.82) is 0 Å². The standard InChI is InChI=1S/C26H27FN2O3S/c1-32-23-15-7-6-14-22(23)29(24(30)17-19-11-8-16-33-19)25(20-12-4-5-13-21(20)27)26(31)28-18-9-2-3-10-18/h4-8,11-16,18,25H,2-3,9-10,17H2,1H3,(H,28,31)/t25-/m0/s1. The van der Waals surface area contributed by atoms with E-state index in [1.165, 1.54) is 29.4 Å². The van der Waals surface area contributed by atoms with Gasteiger partial charge >= 0.3 is 0 Å². The number of hydrogen-bond acceptors (Lipinski definition) is 4. The van der Waals surface area contributed by atoms with E-state index < -0.39 is 17.8 Å². The predicted molar refractivity (Wildman–Crippen MR) is 128 cm³/mol. The molecule has 172 valence electrons. The molecule has 0 spiro atoms. The van der Waals surface area contributed by atoms with Crippen LogP contribution in [0.3, 0.4) is 0 Å². The van der Waals surface area contributed by atoms with Gasteiger partial charge in [0.2, 0.25) is 11.8 Å². The minimum absolute atomic E-state index is 0.0266. The van der Waals surface area contributed by atoms with Crippen molar-refractivity contribution in [2.45, 2.75) is 44.2 Å². The van der Waals surface area contributed by atoms with Gasteiger partial charge < -0.3 is 10.1 Å². The van der Waals surface area contributed by atoms with E-state index in [2.05, 4.69) is 5.32 Å². The van der Waals surface area contributed by atoms with Crippen molar-refractivity contribution in [3.05, 3.63) is 82.3 Å². The number of nitrogens with one attached hydrogen (secondary N) is 1. The van der Waals surface area contributed by atoms with E-state index >= 15 is 4.39 Å². The lowest BCUT2D eigenvalue weighted by molar-refractivity contribution is -0.127. The van der Waals surface area contributed by atoms with E-state index in [0.717, 1.165) is 30.6 Å². The molecule has 5 nitrogen and oxygen atoms in total. The summed E-state index contributed by atoms with van der Waals surface area (Å²) >= 11 is 1.47. The number of amides is 2. The monoisotopic (exact) mass is 466 g/mol. The zero-order valence-corrected chi connectivity index (χ0v) is 19.3. The summed E-state index contributed by atoms with van der Waals surface area (Å²) in [5.74, 6) is -0.797. The van der Waals surface area contributed by atoms with Crippen molar-refractivity contribution in [2.24, 2.45) is 0 Å². The van der Waals surface area contributed by atoms with Crippen LogP contribution in [0, 0.1) is 5.82 Å². The highest BCUT2D eigenvalue weighted by molar-refractivity contribution is 7.10. The molecule has 0 bridgehead atoms. The van der Waals surface area contributed by atoms with Crippen LogP contribution in [0.1, 0.15) is 42.2 Å². The van der Waals surface area contributed by atoms with Gasteiger partial charge in [-0.25, -0.2) is 4.39 Å². The predicted octanol–water partition coefficient (Wildman–Crippen LogP) is 5.27. The molecule has 1 saturated carbocycles. The number of methoxy groups -OCH3 is 1. The molecule has 2 aromatic carbocycles. The molecule has 0 radical (unpaired) electrons. The maximum absolute atomic E-state index is 15.1. The number of thiophene rings is 1. The number of nitrogens with zero attached hydrogens (tertiary/aromatic N) is 1. The fourth-order valence-corrected chi connectivity index (χ4v) is 5.03. The fourth-order valence-electron chi connectivity index (χ4n) is 4.34. The Morgan fingerprint density at radius 3 is 2.52 bits per heavy atom. The molecule has 2 amide bonds. The molecule has 3 aromatic rings. The highest BCUT2D eigenvalue weighted by Crippen LogP contribution is 2.36. The van der Waals surface area contributed by atoms with Gasteiger partial charge in [-0.05, 0) is 42.5 Å². The van der Waals surface area contributed by atoms with E-state index in [4.69, 9.17) is 4.74 Å². The maximum Gasteiger partial charge on any atom is 0.248 e. The van der Waals surface area contributed by atoms with Gasteiger partial charge in [0.1, 0.15) is 17.6 Å². The second-order valence-electron chi connectivity index (χ2n) is 8.11. The van der Waals surface area contributed by atoms with Crippen LogP contribution in [0.25, 0.3) is 0 Å². The molecule has 1 aliphatic carbocycles. The smallest absolute Gasteiger partial charge is 0.248 e. The Balaban J connectivity index is 1.81. The number of anilines is 1. The number of para-hydroxylation sites is 2. The zero-order chi connectivity index (χ0) is 23.2. The molecule has 1 N–H and O–H groups in total. The van der Waals surface area contributed by atoms with E-state index in [9.17, 15) is 9.59 Å². The van der Waals surface area contributed by atoms with Crippen molar-refractivity contribution in [2.75, 3.05) is 12.0 Å². The summed E-state index contributed by atoms with van der Waals surface area (Å²) in [6.45, 7) is 0. The molecule has 0 saturated heterocycles. The first kappa shape index (κ1) is 23.0. The van der Waals surface area contributed by atoms with Crippen molar-refractivity contribution in [3.63, 3.8) is 0 Å². The van der Waals surface area contributed by atoms with Crippen molar-refractivity contribution in [1.82, 2.24) is 5.32 Å². The summed E-state index contributed by atoms with van der Waals surface area (Å²) in [5.41, 5.74) is 0.579. The Labute approximate surface area is 197 Å². The fraction of sp³-hybridized carbons (Fsp3) is 0.308. The number of rotatable bonds is 8. The first-order chi connectivity index (χ1) is 16.1. The third-order valence-corrected chi connectivity index (χ3v) is 6.80. The molecule has 1 aromatic heterocycles. The van der Waals surface area contributed by atoms with Crippen LogP contribution >= 0.6 is 11.3 Å². The summed E-state index contributed by atoms with van der Waals surface area (Å²) in [6.07, 6.45) is 3.95. The summed E-state index contributed by atoms with van der Waals surface area (Å²) in [4.78, 5) is 29.6. The zero-order valence-electron chi connectivity index (χ0n) is 18.5. The molecule has 0 aliphatic heterocycles. The number of carbonyl (C=O) groups excluding carboxylic acids is 2. The Morgan fingerprint density at radius 2 is 1.82 bits per heavy atom. The second kappa shape index (κ2) is 10.6. The molecule has 1 fully saturated rings. The molecule has 1 aliphatic rings. The lowest BCUT2D eigenvalue weighted by Crippen LogP contribution is -2.47. The topological polar surface area (TPSA) is 58.6 Å². The average Bonchev–Trinajstić information content (AvgIpc) is 3.52. The summed E-state index contributed by atoms with van der Waals surface area (Å²) in [7, 11) is 1.51. The SMILES string of the molecule is COc1ccccc1N(C(=O)Cc1cccs1)[C@H](C(=O)NC1CCCC1)c1ccccc1F. The molecule has 0 unspecified atom stereocenters. The number of ether oxygens (including phenoxy) is 1. The van der Waals surface area contributed by atoms with Gasteiger partial charge in [0, 0.05) is 16.5 Å². The van der Waals surface area contributed by atoms with Crippen LogP contribution in [0.15, 0.2) is 66.0 Å². The number of halogens is 1. The molecule has 7 heteroatoms. The van der Waals surface area contributed by atoms with E-state index in [-0.39, 0.29) is 23.9 Å². The Morgan fingerprint density at radius 1 is 1.09 bits per heavy atom. The van der Waals surface area contributed by atoms with Crippen molar-refractivity contribution in [3.8, 4) is 5.75 Å². The molecule has 4 rings (SSSR count). The largest absolute Gasteiger partial charge is 0.495 e. The van der Waals surface area contributed by atoms with Gasteiger partial charge in [-0.3, -0.25) is 14.5 Å². The first-order valence-corrected chi connectivity index (χ1v) is 12.0. The van der Waals surface area contributed by atoms with Gasteiger partial charge in [0.05, 0.1) is 19.2 Å². The molecule has 1 heterocycles. The van der Waals surface area contributed by atoms with E-state index in [0.29, 0.717) is 11.4 Å². The normalized spacial score (nSPS) is 14.6. The van der Waals surface area contributed by atoms with E-state index in [1.807, 2.05) is 17.5 Å². The Bertz CT molecular complexity index is 1100. The third kappa shape index (κ3) is 5.25. The average molecular weight is 467 g/mol. The highest BCUT2D eigenvalue weighted by atomic mass is 32.1. The molecule has 33 heavy (non-hydrogen) atoms. The quantitative estimate of drug-likeness (QED) is 0.492. The lowest BCUT2D eigenvalue weighted by Gasteiger charge is -2.33. The summed E-state index contributed by atoms with van der Waals surface area (Å²) < 4.78 is 20.6. The Kier molecular flexibility index (Phi) is 7.40. The van der Waals surface area contributed by atoms with Crippen LogP contribution in [-0.4, -0.2) is 25.0 Å². The van der Waals surface area contributed by atoms with Crippen LogP contribution in [0.4, 0.5) is 10.1 Å². The van der Waals surface area contributed by atoms with E-state index in [1.54, 1.807) is 42.5 Å². The molecular formula is C26H27FN2O3S. The van der Waals surface area contributed by atoms with Crippen LogP contribution in [0.2, 0.25) is 0 Å². The summed E-state index contributed by atoms with van der Waals surface area (Å²) in [5, 5.41) is 4.97. The van der Waals surface area contributed by atoms with Crippen molar-refractivity contribution < 1.29 is 18.7 Å². The van der Waals surface area contributed by atoms with Gasteiger partial charge in [0.25, 0.3) is 0 Å². The Hall–Kier alpha value is -3.19. The number of benzene rings is 2. The minimum Gasteiger partial charge on any atom is -0.495 e. The highest BCUT2D eigenvalue weighted by Gasteiger charge is 2.37. The van der Waals surface area contributed by atoms with Gasteiger partial charge in [0.15, 0.2) is 0 Å². The minimum atomic E-state index is -1.17. The molecular weight excluding hydrogens is 439 g/mol. The van der Waals surface area contributed by atoms with Gasteiger partial charge in [-0.15, -0.1) is 11.3 Å². The summed E-state index contributed by atoms with van der Waals surface area (Å²) in [6, 6.07) is 15.8. The molecule has 1 atom stereocenters. The number of hydrogen-bond donors (Lipinski definition) is 1. The van der Waals surface area contributed by atoms with Gasteiger partial charge in [-0.1, -0.05) is 49.2 Å². The number of carbonyl (C=O) groups is 2. The lowest BCUT2D eigenvalue weighted by atomic mass is 10.0.